The van der Waals surface area contributed by atoms with Crippen LogP contribution in [0.3, 0.4) is 0 Å². The van der Waals surface area contributed by atoms with Gasteiger partial charge in [-0.1, -0.05) is 0 Å². The van der Waals surface area contributed by atoms with E-state index >= 15 is 0 Å². The van der Waals surface area contributed by atoms with Crippen molar-refractivity contribution in [3.63, 3.8) is 0 Å². The van der Waals surface area contributed by atoms with Crippen LogP contribution in [-0.2, 0) is 9.53 Å². The minimum absolute atomic E-state index is 0.180. The quantitative estimate of drug-likeness (QED) is 0.654. The Labute approximate surface area is 83.4 Å². The zero-order valence-electron chi connectivity index (χ0n) is 8.58. The number of amides is 2. The molecule has 1 atom stereocenters. The van der Waals surface area contributed by atoms with Gasteiger partial charge >= 0.3 is 12.0 Å². The van der Waals surface area contributed by atoms with Crippen LogP contribution in [0.5, 0.6) is 0 Å². The molecule has 0 unspecified atom stereocenters. The van der Waals surface area contributed by atoms with Crippen molar-refractivity contribution in [1.29, 1.82) is 0 Å². The summed E-state index contributed by atoms with van der Waals surface area (Å²) in [6.07, 6.45) is 2.08. The summed E-state index contributed by atoms with van der Waals surface area (Å²) >= 11 is 0. The molecule has 0 aliphatic carbocycles. The van der Waals surface area contributed by atoms with E-state index in [-0.39, 0.29) is 6.03 Å². The van der Waals surface area contributed by atoms with Gasteiger partial charge in [-0.05, 0) is 19.8 Å². The van der Waals surface area contributed by atoms with Gasteiger partial charge in [0.05, 0.1) is 7.11 Å². The third-order valence-electron chi connectivity index (χ3n) is 2.29. The maximum absolute atomic E-state index is 11.5. The number of likely N-dealkylation sites (tertiary alicyclic amines) is 1. The molecule has 1 saturated heterocycles. The first kappa shape index (κ1) is 10.8. The van der Waals surface area contributed by atoms with E-state index in [4.69, 9.17) is 0 Å². The number of methoxy groups -OCH3 is 1. The van der Waals surface area contributed by atoms with Gasteiger partial charge in [-0.25, -0.2) is 9.59 Å². The summed E-state index contributed by atoms with van der Waals surface area (Å²) in [5.41, 5.74) is 0. The molecule has 1 N–H and O–H groups in total. The second-order valence-corrected chi connectivity index (χ2v) is 3.39. The number of esters is 1. The molecule has 0 spiro atoms. The molecule has 0 bridgehead atoms. The first-order valence-corrected chi connectivity index (χ1v) is 4.78. The maximum Gasteiger partial charge on any atom is 0.328 e. The first-order valence-electron chi connectivity index (χ1n) is 4.78. The number of urea groups is 1. The molecule has 80 valence electrons. The minimum atomic E-state index is -0.576. The molecular weight excluding hydrogens is 184 g/mol. The number of carbonyl (C=O) groups excluding carboxylic acids is 2. The molecule has 1 fully saturated rings. The fourth-order valence-electron chi connectivity index (χ4n) is 1.43. The minimum Gasteiger partial charge on any atom is -0.467 e. The van der Waals surface area contributed by atoms with E-state index in [9.17, 15) is 9.59 Å². The lowest BCUT2D eigenvalue weighted by Gasteiger charge is -2.18. The van der Waals surface area contributed by atoms with Crippen LogP contribution < -0.4 is 5.32 Å². The molecule has 0 saturated carbocycles. The predicted molar refractivity (Wildman–Crippen MR) is 50.8 cm³/mol. The van der Waals surface area contributed by atoms with Gasteiger partial charge in [-0.3, -0.25) is 0 Å². The Morgan fingerprint density at radius 1 is 1.36 bits per heavy atom. The monoisotopic (exact) mass is 200 g/mol. The molecule has 0 aromatic heterocycles. The van der Waals surface area contributed by atoms with Gasteiger partial charge in [0, 0.05) is 13.1 Å². The van der Waals surface area contributed by atoms with Crippen molar-refractivity contribution < 1.29 is 14.3 Å². The topological polar surface area (TPSA) is 58.6 Å². The smallest absolute Gasteiger partial charge is 0.328 e. The van der Waals surface area contributed by atoms with Gasteiger partial charge in [0.25, 0.3) is 0 Å². The number of hydrogen-bond donors (Lipinski definition) is 1. The molecule has 0 aromatic carbocycles. The van der Waals surface area contributed by atoms with Gasteiger partial charge < -0.3 is 15.0 Å². The van der Waals surface area contributed by atoms with Crippen LogP contribution in [0.1, 0.15) is 19.8 Å². The molecule has 1 heterocycles. The second-order valence-electron chi connectivity index (χ2n) is 3.39. The summed E-state index contributed by atoms with van der Waals surface area (Å²) < 4.78 is 4.50. The molecule has 1 aliphatic rings. The van der Waals surface area contributed by atoms with E-state index in [1.807, 2.05) is 0 Å². The van der Waals surface area contributed by atoms with E-state index < -0.39 is 12.0 Å². The van der Waals surface area contributed by atoms with Crippen LogP contribution in [0.2, 0.25) is 0 Å². The lowest BCUT2D eigenvalue weighted by Crippen LogP contribution is -2.45. The van der Waals surface area contributed by atoms with Gasteiger partial charge in [0.2, 0.25) is 0 Å². The molecule has 1 rings (SSSR count). The predicted octanol–water partition coefficient (Wildman–Crippen LogP) is 0.353. The average molecular weight is 200 g/mol. The molecule has 0 aromatic rings. The maximum atomic E-state index is 11.5. The lowest BCUT2D eigenvalue weighted by molar-refractivity contribution is -0.142. The lowest BCUT2D eigenvalue weighted by atomic mass is 10.3. The van der Waals surface area contributed by atoms with Gasteiger partial charge in [-0.15, -0.1) is 0 Å². The zero-order chi connectivity index (χ0) is 10.6. The van der Waals surface area contributed by atoms with E-state index in [0.29, 0.717) is 0 Å². The highest BCUT2D eigenvalue weighted by Crippen LogP contribution is 2.07. The van der Waals surface area contributed by atoms with Crippen LogP contribution in [0.4, 0.5) is 4.79 Å². The Morgan fingerprint density at radius 2 is 1.93 bits per heavy atom. The van der Waals surface area contributed by atoms with Crippen LogP contribution >= 0.6 is 0 Å². The molecule has 0 radical (unpaired) electrons. The molecular formula is C9H16N2O3. The van der Waals surface area contributed by atoms with E-state index in [2.05, 4.69) is 10.1 Å². The van der Waals surface area contributed by atoms with Crippen molar-refractivity contribution in [2.24, 2.45) is 0 Å². The Kier molecular flexibility index (Phi) is 3.73. The van der Waals surface area contributed by atoms with Crippen LogP contribution in [0, 0.1) is 0 Å². The summed E-state index contributed by atoms with van der Waals surface area (Å²) in [6, 6.07) is -0.756. The second kappa shape index (κ2) is 4.83. The number of nitrogens with zero attached hydrogens (tertiary/aromatic N) is 1. The van der Waals surface area contributed by atoms with Crippen molar-refractivity contribution in [1.82, 2.24) is 10.2 Å². The van der Waals surface area contributed by atoms with Crippen molar-refractivity contribution in [3.05, 3.63) is 0 Å². The van der Waals surface area contributed by atoms with E-state index in [0.717, 1.165) is 25.9 Å². The highest BCUT2D eigenvalue weighted by Gasteiger charge is 2.22. The van der Waals surface area contributed by atoms with Crippen LogP contribution in [-0.4, -0.2) is 43.1 Å². The number of carbonyl (C=O) groups is 2. The normalized spacial score (nSPS) is 17.7. The van der Waals surface area contributed by atoms with Gasteiger partial charge in [0.15, 0.2) is 0 Å². The van der Waals surface area contributed by atoms with E-state index in [1.54, 1.807) is 11.8 Å². The van der Waals surface area contributed by atoms with E-state index in [1.165, 1.54) is 7.11 Å². The Hall–Kier alpha value is -1.26. The fourth-order valence-corrected chi connectivity index (χ4v) is 1.43. The number of nitrogens with one attached hydrogen (secondary N) is 1. The van der Waals surface area contributed by atoms with Crippen molar-refractivity contribution in [2.45, 2.75) is 25.8 Å². The Balaban J connectivity index is 2.35. The average Bonchev–Trinajstić information content (AvgIpc) is 2.69. The molecule has 1 aliphatic heterocycles. The summed E-state index contributed by atoms with van der Waals surface area (Å²) in [7, 11) is 1.31. The summed E-state index contributed by atoms with van der Waals surface area (Å²) in [4.78, 5) is 24.2. The Bertz CT molecular complexity index is 224. The summed E-state index contributed by atoms with van der Waals surface area (Å²) in [5, 5.41) is 2.58. The SMILES string of the molecule is COC(=O)[C@H](C)NC(=O)N1CCCC1. The number of ether oxygens (including phenoxy) is 1. The first-order chi connectivity index (χ1) is 6.65. The highest BCUT2D eigenvalue weighted by molar-refractivity contribution is 5.83. The molecule has 5 nitrogen and oxygen atoms in total. The summed E-state index contributed by atoms with van der Waals surface area (Å²) in [5.74, 6) is -0.419. The molecule has 14 heavy (non-hydrogen) atoms. The largest absolute Gasteiger partial charge is 0.467 e. The van der Waals surface area contributed by atoms with Gasteiger partial charge in [0.1, 0.15) is 6.04 Å². The molecule has 2 amide bonds. The van der Waals surface area contributed by atoms with Crippen molar-refractivity contribution >= 4 is 12.0 Å². The Morgan fingerprint density at radius 3 is 2.43 bits per heavy atom. The van der Waals surface area contributed by atoms with Gasteiger partial charge in [-0.2, -0.15) is 0 Å². The number of rotatable bonds is 2. The molecule has 5 heteroatoms. The van der Waals surface area contributed by atoms with Crippen molar-refractivity contribution in [3.8, 4) is 0 Å². The third-order valence-corrected chi connectivity index (χ3v) is 2.29. The number of hydrogen-bond acceptors (Lipinski definition) is 3. The summed E-state index contributed by atoms with van der Waals surface area (Å²) in [6.45, 7) is 3.17. The van der Waals surface area contributed by atoms with Crippen molar-refractivity contribution in [2.75, 3.05) is 20.2 Å². The van der Waals surface area contributed by atoms with Crippen LogP contribution in [0.25, 0.3) is 0 Å². The third kappa shape index (κ3) is 2.61. The highest BCUT2D eigenvalue weighted by atomic mass is 16.5. The zero-order valence-corrected chi connectivity index (χ0v) is 8.58. The fraction of sp³-hybridized carbons (Fsp3) is 0.778. The standard InChI is InChI=1S/C9H16N2O3/c1-7(8(12)14-2)10-9(13)11-5-3-4-6-11/h7H,3-6H2,1-2H3,(H,10,13)/t7-/m0/s1. The van der Waals surface area contributed by atoms with Crippen LogP contribution in [0.15, 0.2) is 0 Å².